The molecular formula is C16H26O5SSi. The minimum absolute atomic E-state index is 0.110. The van der Waals surface area contributed by atoms with Crippen LogP contribution < -0.4 is 0 Å². The van der Waals surface area contributed by atoms with Crippen molar-refractivity contribution in [2.75, 3.05) is 6.61 Å². The van der Waals surface area contributed by atoms with Gasteiger partial charge in [0.25, 0.3) is 10.1 Å². The molecule has 0 aliphatic rings. The highest BCUT2D eigenvalue weighted by Crippen LogP contribution is 2.25. The summed E-state index contributed by atoms with van der Waals surface area (Å²) in [6.07, 6.45) is 1.53. The van der Waals surface area contributed by atoms with E-state index in [-0.39, 0.29) is 11.5 Å². The van der Waals surface area contributed by atoms with E-state index < -0.39 is 24.0 Å². The Bertz CT molecular complexity index is 619. The van der Waals surface area contributed by atoms with Gasteiger partial charge in [0.05, 0.1) is 17.1 Å². The molecule has 5 nitrogen and oxygen atoms in total. The lowest BCUT2D eigenvalue weighted by molar-refractivity contribution is -0.109. The molecule has 0 fully saturated rings. The fraction of sp³-hybridized carbons (Fsp3) is 0.562. The van der Waals surface area contributed by atoms with Crippen molar-refractivity contribution in [2.45, 2.75) is 56.8 Å². The summed E-state index contributed by atoms with van der Waals surface area (Å²) in [4.78, 5) is 10.8. The Morgan fingerprint density at radius 1 is 1.17 bits per heavy atom. The second kappa shape index (κ2) is 7.70. The fourth-order valence-electron chi connectivity index (χ4n) is 2.23. The minimum atomic E-state index is -3.84. The molecule has 1 aromatic rings. The lowest BCUT2D eigenvalue weighted by Gasteiger charge is -2.35. The lowest BCUT2D eigenvalue weighted by atomic mass is 10.0. The molecule has 0 heterocycles. The summed E-state index contributed by atoms with van der Waals surface area (Å²) >= 11 is 0. The zero-order valence-corrected chi connectivity index (χ0v) is 16.3. The van der Waals surface area contributed by atoms with Gasteiger partial charge in [0.2, 0.25) is 0 Å². The molecule has 0 aliphatic carbocycles. The molecule has 0 amide bonds. The molecule has 0 spiro atoms. The summed E-state index contributed by atoms with van der Waals surface area (Å²) in [5, 5.41) is 0. The number of aldehydes is 1. The number of rotatable bonds is 9. The molecule has 23 heavy (non-hydrogen) atoms. The monoisotopic (exact) mass is 358 g/mol. The number of aryl methyl sites for hydroxylation is 1. The average molecular weight is 359 g/mol. The van der Waals surface area contributed by atoms with Crippen LogP contribution in [-0.4, -0.2) is 35.2 Å². The highest BCUT2D eigenvalue weighted by atomic mass is 32.2. The number of carbonyl (C=O) groups excluding carboxylic acids is 1. The Balaban J connectivity index is 2.87. The van der Waals surface area contributed by atoms with E-state index in [4.69, 9.17) is 8.61 Å². The highest BCUT2D eigenvalue weighted by molar-refractivity contribution is 7.86. The number of hydrogen-bond acceptors (Lipinski definition) is 5. The summed E-state index contributed by atoms with van der Waals surface area (Å²) in [6.45, 7) is 9.61. The molecule has 1 rings (SSSR count). The van der Waals surface area contributed by atoms with E-state index in [1.54, 1.807) is 19.1 Å². The van der Waals surface area contributed by atoms with E-state index in [9.17, 15) is 13.2 Å². The topological polar surface area (TPSA) is 69.7 Å². The first kappa shape index (κ1) is 20.0. The molecule has 0 N–H and O–H groups in total. The maximum Gasteiger partial charge on any atom is 0.297 e. The quantitative estimate of drug-likeness (QED) is 0.385. The first-order valence-electron chi connectivity index (χ1n) is 7.57. The van der Waals surface area contributed by atoms with E-state index in [0.717, 1.165) is 11.8 Å². The number of benzene rings is 1. The van der Waals surface area contributed by atoms with E-state index in [1.807, 2.05) is 26.6 Å². The van der Waals surface area contributed by atoms with Gasteiger partial charge >= 0.3 is 0 Å². The molecule has 0 unspecified atom stereocenters. The maximum absolute atomic E-state index is 12.3. The van der Waals surface area contributed by atoms with Crippen LogP contribution in [0.4, 0.5) is 0 Å². The predicted octanol–water partition coefficient (Wildman–Crippen LogP) is 3.29. The van der Waals surface area contributed by atoms with Crippen LogP contribution in [0.1, 0.15) is 25.3 Å². The van der Waals surface area contributed by atoms with Crippen molar-refractivity contribution in [3.05, 3.63) is 29.8 Å². The number of hydrogen-bond donors (Lipinski definition) is 0. The van der Waals surface area contributed by atoms with Crippen LogP contribution in [0.3, 0.4) is 0 Å². The third-order valence-corrected chi connectivity index (χ3v) is 5.56. The van der Waals surface area contributed by atoms with Crippen LogP contribution in [-0.2, 0) is 23.5 Å². The van der Waals surface area contributed by atoms with Gasteiger partial charge in [0.15, 0.2) is 8.32 Å². The second-order valence-corrected chi connectivity index (χ2v) is 12.9. The summed E-state index contributed by atoms with van der Waals surface area (Å²) in [5.41, 5.74) is 0.171. The molecular weight excluding hydrogens is 332 g/mol. The second-order valence-electron chi connectivity index (χ2n) is 6.90. The average Bonchev–Trinajstić information content (AvgIpc) is 2.42. The summed E-state index contributed by atoms with van der Waals surface area (Å²) < 4.78 is 35.9. The van der Waals surface area contributed by atoms with Gasteiger partial charge in [-0.25, -0.2) is 0 Å². The van der Waals surface area contributed by atoms with Crippen LogP contribution in [0.5, 0.6) is 0 Å². The van der Waals surface area contributed by atoms with Gasteiger partial charge in [0, 0.05) is 6.42 Å². The Morgan fingerprint density at radius 2 is 1.74 bits per heavy atom. The molecule has 1 aromatic carbocycles. The number of carbonyl (C=O) groups is 1. The lowest BCUT2D eigenvalue weighted by Crippen LogP contribution is -2.44. The SMILES string of the molecule is Cc1ccc(S(=O)(=O)OC[C@](C)(CCC=O)O[Si](C)(C)C)cc1. The third kappa shape index (κ3) is 6.95. The van der Waals surface area contributed by atoms with Gasteiger partial charge in [-0.2, -0.15) is 8.42 Å². The van der Waals surface area contributed by atoms with Gasteiger partial charge in [-0.15, -0.1) is 0 Å². The zero-order chi connectivity index (χ0) is 17.7. The van der Waals surface area contributed by atoms with Crippen molar-refractivity contribution >= 4 is 24.7 Å². The minimum Gasteiger partial charge on any atom is -0.410 e. The van der Waals surface area contributed by atoms with E-state index >= 15 is 0 Å². The summed E-state index contributed by atoms with van der Waals surface area (Å²) in [7, 11) is -5.76. The smallest absolute Gasteiger partial charge is 0.297 e. The molecule has 1 atom stereocenters. The van der Waals surface area contributed by atoms with Crippen molar-refractivity contribution in [1.29, 1.82) is 0 Å². The van der Waals surface area contributed by atoms with Crippen LogP contribution in [0.25, 0.3) is 0 Å². The van der Waals surface area contributed by atoms with Crippen LogP contribution in [0.15, 0.2) is 29.2 Å². The van der Waals surface area contributed by atoms with Gasteiger partial charge in [0.1, 0.15) is 6.29 Å². The predicted molar refractivity (Wildman–Crippen MR) is 92.5 cm³/mol. The van der Waals surface area contributed by atoms with E-state index in [0.29, 0.717) is 12.8 Å². The third-order valence-electron chi connectivity index (χ3n) is 3.17. The summed E-state index contributed by atoms with van der Waals surface area (Å²) in [5.74, 6) is 0. The highest BCUT2D eigenvalue weighted by Gasteiger charge is 2.33. The van der Waals surface area contributed by atoms with Gasteiger partial charge in [-0.3, -0.25) is 4.18 Å². The van der Waals surface area contributed by atoms with Crippen molar-refractivity contribution in [3.8, 4) is 0 Å². The molecule has 7 heteroatoms. The van der Waals surface area contributed by atoms with E-state index in [2.05, 4.69) is 0 Å². The largest absolute Gasteiger partial charge is 0.410 e. The Morgan fingerprint density at radius 3 is 2.22 bits per heavy atom. The van der Waals surface area contributed by atoms with Crippen molar-refractivity contribution < 1.29 is 21.8 Å². The normalized spacial score (nSPS) is 15.2. The molecule has 0 saturated heterocycles. The zero-order valence-electron chi connectivity index (χ0n) is 14.5. The van der Waals surface area contributed by atoms with Crippen molar-refractivity contribution in [3.63, 3.8) is 0 Å². The maximum atomic E-state index is 12.3. The molecule has 0 aromatic heterocycles. The molecule has 0 saturated carbocycles. The van der Waals surface area contributed by atoms with Crippen LogP contribution >= 0.6 is 0 Å². The Kier molecular flexibility index (Phi) is 6.70. The molecule has 0 radical (unpaired) electrons. The van der Waals surface area contributed by atoms with Crippen molar-refractivity contribution in [2.24, 2.45) is 0 Å². The fourth-order valence-corrected chi connectivity index (χ4v) is 4.88. The van der Waals surface area contributed by atoms with Gasteiger partial charge < -0.3 is 9.22 Å². The molecule has 0 bridgehead atoms. The first-order valence-corrected chi connectivity index (χ1v) is 12.4. The molecule has 0 aliphatic heterocycles. The Hall–Kier alpha value is -1.02. The van der Waals surface area contributed by atoms with Gasteiger partial charge in [-0.05, 0) is 52.0 Å². The molecule has 130 valence electrons. The van der Waals surface area contributed by atoms with Crippen LogP contribution in [0.2, 0.25) is 19.6 Å². The van der Waals surface area contributed by atoms with E-state index in [1.165, 1.54) is 12.1 Å². The van der Waals surface area contributed by atoms with Crippen molar-refractivity contribution in [1.82, 2.24) is 0 Å². The van der Waals surface area contributed by atoms with Gasteiger partial charge in [-0.1, -0.05) is 17.7 Å². The Labute approximate surface area is 140 Å². The first-order chi connectivity index (χ1) is 10.5. The van der Waals surface area contributed by atoms with Crippen LogP contribution in [0, 0.1) is 6.92 Å². The standard InChI is InChI=1S/C16H26O5SSi/c1-14-7-9-15(10-8-14)22(18,19)20-13-16(2,11-6-12-17)21-23(3,4)5/h7-10,12H,6,11,13H2,1-5H3/t16-/m0/s1. The summed E-state index contributed by atoms with van der Waals surface area (Å²) in [6, 6.07) is 6.49.